The highest BCUT2D eigenvalue weighted by molar-refractivity contribution is 5.73. The van der Waals surface area contributed by atoms with Gasteiger partial charge >= 0.3 is 5.97 Å². The molecule has 7 heteroatoms. The van der Waals surface area contributed by atoms with Crippen molar-refractivity contribution in [3.8, 4) is 0 Å². The molecule has 1 aliphatic heterocycles. The summed E-state index contributed by atoms with van der Waals surface area (Å²) in [7, 11) is 1.87. The third-order valence-electron chi connectivity index (χ3n) is 7.59. The van der Waals surface area contributed by atoms with Crippen molar-refractivity contribution in [1.29, 1.82) is 0 Å². The van der Waals surface area contributed by atoms with Crippen molar-refractivity contribution < 1.29 is 30.0 Å². The van der Waals surface area contributed by atoms with Crippen LogP contribution in [0.2, 0.25) is 0 Å². The second-order valence-corrected chi connectivity index (χ2v) is 10.3. The number of ether oxygens (including phenoxy) is 1. The predicted octanol–water partition coefficient (Wildman–Crippen LogP) is 1.80. The number of aliphatic hydroxyl groups is 4. The maximum absolute atomic E-state index is 12.8. The highest BCUT2D eigenvalue weighted by Gasteiger charge is 2.46. The molecule has 0 aromatic rings. The van der Waals surface area contributed by atoms with E-state index in [2.05, 4.69) is 0 Å². The van der Waals surface area contributed by atoms with E-state index in [1.165, 1.54) is 6.92 Å². The number of cyclic esters (lactones) is 1. The molecule has 0 aromatic heterocycles. The van der Waals surface area contributed by atoms with Gasteiger partial charge in [-0.3, -0.25) is 4.79 Å². The van der Waals surface area contributed by atoms with Crippen LogP contribution < -0.4 is 0 Å². The molecule has 178 valence electrons. The molecule has 0 aromatic carbocycles. The van der Waals surface area contributed by atoms with Crippen molar-refractivity contribution in [2.45, 2.75) is 104 Å². The molecule has 1 rings (SSSR count). The van der Waals surface area contributed by atoms with Crippen molar-refractivity contribution in [3.05, 3.63) is 0 Å². The van der Waals surface area contributed by atoms with Crippen molar-refractivity contribution in [3.63, 3.8) is 0 Å². The smallest absolute Gasteiger partial charge is 0.311 e. The van der Waals surface area contributed by atoms with Gasteiger partial charge in [0.1, 0.15) is 17.8 Å². The van der Waals surface area contributed by atoms with Crippen LogP contribution in [-0.2, 0) is 9.53 Å². The maximum atomic E-state index is 12.8. The van der Waals surface area contributed by atoms with E-state index in [1.807, 2.05) is 39.6 Å². The molecule has 0 bridgehead atoms. The van der Waals surface area contributed by atoms with Gasteiger partial charge in [-0.25, -0.2) is 0 Å². The van der Waals surface area contributed by atoms with E-state index in [-0.39, 0.29) is 17.8 Å². The van der Waals surface area contributed by atoms with E-state index in [0.29, 0.717) is 19.4 Å². The summed E-state index contributed by atoms with van der Waals surface area (Å²) < 4.78 is 5.59. The Kier molecular flexibility index (Phi) is 9.34. The second kappa shape index (κ2) is 10.3. The predicted molar refractivity (Wildman–Crippen MR) is 117 cm³/mol. The van der Waals surface area contributed by atoms with Gasteiger partial charge in [0.25, 0.3) is 0 Å². The Morgan fingerprint density at radius 2 is 1.63 bits per heavy atom. The summed E-state index contributed by atoms with van der Waals surface area (Å²) >= 11 is 0. The maximum Gasteiger partial charge on any atom is 0.311 e. The molecule has 0 aliphatic carbocycles. The minimum Gasteiger partial charge on any atom is -0.459 e. The fraction of sp³-hybridized carbons (Fsp3) is 0.957. The van der Waals surface area contributed by atoms with Crippen LogP contribution in [0.15, 0.2) is 0 Å². The van der Waals surface area contributed by atoms with Gasteiger partial charge in [0, 0.05) is 12.6 Å². The molecule has 1 aliphatic rings. The van der Waals surface area contributed by atoms with Crippen LogP contribution in [0.25, 0.3) is 0 Å². The normalized spacial score (nSPS) is 48.5. The lowest BCUT2D eigenvalue weighted by Gasteiger charge is -2.42. The largest absolute Gasteiger partial charge is 0.459 e. The average molecular weight is 432 g/mol. The lowest BCUT2D eigenvalue weighted by atomic mass is 9.73. The van der Waals surface area contributed by atoms with Gasteiger partial charge in [-0.2, -0.15) is 0 Å². The Hall–Kier alpha value is -0.730. The van der Waals surface area contributed by atoms with E-state index >= 15 is 0 Å². The van der Waals surface area contributed by atoms with Gasteiger partial charge in [0.2, 0.25) is 0 Å². The van der Waals surface area contributed by atoms with Crippen molar-refractivity contribution >= 4 is 5.97 Å². The fourth-order valence-corrected chi connectivity index (χ4v) is 4.85. The molecule has 0 spiro atoms. The molecule has 0 unspecified atom stereocenters. The number of aliphatic hydroxyl groups excluding tert-OH is 2. The molecular weight excluding hydrogens is 386 g/mol. The number of esters is 1. The van der Waals surface area contributed by atoms with Gasteiger partial charge in [0.05, 0.1) is 17.6 Å². The minimum absolute atomic E-state index is 0.110. The molecule has 1 fully saturated rings. The lowest BCUT2D eigenvalue weighted by Crippen LogP contribution is -2.59. The van der Waals surface area contributed by atoms with Crippen LogP contribution in [0.5, 0.6) is 0 Å². The van der Waals surface area contributed by atoms with Crippen molar-refractivity contribution in [1.82, 2.24) is 4.90 Å². The van der Waals surface area contributed by atoms with Crippen LogP contribution in [-0.4, -0.2) is 80.4 Å². The number of hydrogen-bond acceptors (Lipinski definition) is 7. The number of carbonyl (C=O) groups excluding carboxylic acids is 1. The first kappa shape index (κ1) is 27.3. The molecular formula is C23H45NO6. The Morgan fingerprint density at radius 1 is 1.10 bits per heavy atom. The van der Waals surface area contributed by atoms with Gasteiger partial charge < -0.3 is 30.1 Å². The van der Waals surface area contributed by atoms with Crippen LogP contribution in [0.3, 0.4) is 0 Å². The molecule has 30 heavy (non-hydrogen) atoms. The van der Waals surface area contributed by atoms with E-state index < -0.39 is 47.4 Å². The Balaban J connectivity index is 3.36. The fourth-order valence-electron chi connectivity index (χ4n) is 4.85. The highest BCUT2D eigenvalue weighted by Crippen LogP contribution is 2.35. The number of carbonyl (C=O) groups is 1. The van der Waals surface area contributed by atoms with Crippen LogP contribution in [0.1, 0.15) is 68.2 Å². The molecule has 10 atom stereocenters. The summed E-state index contributed by atoms with van der Waals surface area (Å²) in [6.07, 6.45) is -2.24. The van der Waals surface area contributed by atoms with Gasteiger partial charge in [-0.05, 0) is 65.3 Å². The van der Waals surface area contributed by atoms with Gasteiger partial charge in [-0.1, -0.05) is 27.7 Å². The number of rotatable bonds is 1. The standard InChI is InChI=1S/C23H45NO6/c1-10-18-23(8,29)20(26)17(6)24(9)12-13(2)11-22(7,28)16(5)14(3)19(25)15(4)21(27)30-18/h13-20,25-26,28-29H,10-12H2,1-9H3/t13-,14-,15-,16-,17-,18-,19+,20-,22-,23-/m1/s1. The van der Waals surface area contributed by atoms with Gasteiger partial charge in [0.15, 0.2) is 0 Å². The number of nitrogens with zero attached hydrogens (tertiary/aromatic N) is 1. The van der Waals surface area contributed by atoms with E-state index in [0.717, 1.165) is 0 Å². The Labute approximate surface area is 182 Å². The summed E-state index contributed by atoms with van der Waals surface area (Å²) in [4.78, 5) is 14.7. The first-order valence-electron chi connectivity index (χ1n) is 11.3. The third-order valence-corrected chi connectivity index (χ3v) is 7.59. The number of hydrogen-bond donors (Lipinski definition) is 4. The van der Waals surface area contributed by atoms with Crippen molar-refractivity contribution in [2.75, 3.05) is 13.6 Å². The molecule has 0 amide bonds. The highest BCUT2D eigenvalue weighted by atomic mass is 16.6. The molecule has 7 nitrogen and oxygen atoms in total. The van der Waals surface area contributed by atoms with Crippen LogP contribution >= 0.6 is 0 Å². The zero-order valence-electron chi connectivity index (χ0n) is 20.3. The summed E-state index contributed by atoms with van der Waals surface area (Å²) in [5.74, 6) is -1.94. The Morgan fingerprint density at radius 3 is 2.13 bits per heavy atom. The summed E-state index contributed by atoms with van der Waals surface area (Å²) in [6.45, 7) is 14.9. The quantitative estimate of drug-likeness (QED) is 0.469. The third kappa shape index (κ3) is 5.94. The second-order valence-electron chi connectivity index (χ2n) is 10.3. The van der Waals surface area contributed by atoms with Crippen LogP contribution in [0.4, 0.5) is 0 Å². The molecule has 0 radical (unpaired) electrons. The molecule has 1 saturated heterocycles. The topological polar surface area (TPSA) is 110 Å². The minimum atomic E-state index is -1.66. The molecule has 4 N–H and O–H groups in total. The van der Waals surface area contributed by atoms with Crippen LogP contribution in [0, 0.1) is 23.7 Å². The first-order valence-corrected chi connectivity index (χ1v) is 11.3. The SMILES string of the molecule is CC[C@H]1OC(=O)[C@H](C)[C@@H](O)[C@H](C)[C@@H](C)[C@](C)(O)C[C@@H](C)CN(C)[C@H](C)[C@@H](O)[C@]1(C)O. The van der Waals surface area contributed by atoms with E-state index in [4.69, 9.17) is 4.74 Å². The zero-order valence-corrected chi connectivity index (χ0v) is 20.3. The molecule has 1 heterocycles. The summed E-state index contributed by atoms with van der Waals surface area (Å²) in [6, 6.07) is -0.398. The molecule has 0 saturated carbocycles. The lowest BCUT2D eigenvalue weighted by molar-refractivity contribution is -0.192. The zero-order chi connectivity index (χ0) is 23.6. The number of likely N-dealkylation sites (N-methyl/N-ethyl adjacent to an activating group) is 1. The van der Waals surface area contributed by atoms with Crippen molar-refractivity contribution in [2.24, 2.45) is 23.7 Å². The van der Waals surface area contributed by atoms with Gasteiger partial charge in [-0.15, -0.1) is 0 Å². The summed E-state index contributed by atoms with van der Waals surface area (Å²) in [5.41, 5.74) is -2.69. The van der Waals surface area contributed by atoms with E-state index in [1.54, 1.807) is 20.8 Å². The van der Waals surface area contributed by atoms with E-state index in [9.17, 15) is 25.2 Å². The average Bonchev–Trinajstić information content (AvgIpc) is 2.66. The first-order chi connectivity index (χ1) is 13.6. The monoisotopic (exact) mass is 431 g/mol. The summed E-state index contributed by atoms with van der Waals surface area (Å²) in [5, 5.41) is 44.0. The Bertz CT molecular complexity index is 566.